The molecule has 0 amide bonds. The van der Waals surface area contributed by atoms with Gasteiger partial charge in [0.2, 0.25) is 0 Å². The molecular formula is C10H11NO3. The first kappa shape index (κ1) is 8.87. The van der Waals surface area contributed by atoms with Gasteiger partial charge in [-0.1, -0.05) is 0 Å². The monoisotopic (exact) mass is 193 g/mol. The predicted molar refractivity (Wildman–Crippen MR) is 52.1 cm³/mol. The lowest BCUT2D eigenvalue weighted by Crippen LogP contribution is -2.17. The van der Waals surface area contributed by atoms with Gasteiger partial charge in [-0.3, -0.25) is 4.79 Å². The molecule has 0 spiro atoms. The van der Waals surface area contributed by atoms with Crippen LogP contribution in [0.1, 0.15) is 16.8 Å². The van der Waals surface area contributed by atoms with Crippen molar-refractivity contribution in [1.82, 2.24) is 0 Å². The van der Waals surface area contributed by atoms with Crippen molar-refractivity contribution in [3.8, 4) is 11.5 Å². The molecular weight excluding hydrogens is 182 g/mol. The fraction of sp³-hybridized carbons (Fsp3) is 0.300. The number of fused-ring (bicyclic) bond motifs is 1. The lowest BCUT2D eigenvalue weighted by Gasteiger charge is -2.18. The highest BCUT2D eigenvalue weighted by Crippen LogP contribution is 2.34. The topological polar surface area (TPSA) is 58.6 Å². The van der Waals surface area contributed by atoms with E-state index < -0.39 is 0 Å². The summed E-state index contributed by atoms with van der Waals surface area (Å²) < 4.78 is 4.93. The second kappa shape index (κ2) is 3.21. The van der Waals surface area contributed by atoms with E-state index in [1.807, 2.05) is 0 Å². The quantitative estimate of drug-likeness (QED) is 0.707. The Balaban J connectivity index is 2.54. The third-order valence-corrected chi connectivity index (χ3v) is 2.29. The van der Waals surface area contributed by atoms with Gasteiger partial charge in [0.1, 0.15) is 0 Å². The summed E-state index contributed by atoms with van der Waals surface area (Å²) in [4.78, 5) is 11.5. The minimum atomic E-state index is 0.0495. The van der Waals surface area contributed by atoms with Crippen LogP contribution in [-0.4, -0.2) is 24.5 Å². The van der Waals surface area contributed by atoms with Crippen LogP contribution in [0.5, 0.6) is 11.5 Å². The first-order valence-electron chi connectivity index (χ1n) is 4.40. The Bertz CT molecular complexity index is 387. The van der Waals surface area contributed by atoms with E-state index in [-0.39, 0.29) is 11.5 Å². The summed E-state index contributed by atoms with van der Waals surface area (Å²) in [5.41, 5.74) is 1.27. The van der Waals surface area contributed by atoms with Crippen molar-refractivity contribution >= 4 is 11.5 Å². The summed E-state index contributed by atoms with van der Waals surface area (Å²) in [6.45, 7) is 0.623. The molecule has 0 bridgehead atoms. The van der Waals surface area contributed by atoms with Gasteiger partial charge in [-0.15, -0.1) is 0 Å². The van der Waals surface area contributed by atoms with Crippen molar-refractivity contribution in [2.45, 2.75) is 6.42 Å². The maximum absolute atomic E-state index is 11.5. The molecule has 1 aromatic rings. The van der Waals surface area contributed by atoms with Gasteiger partial charge in [-0.25, -0.2) is 0 Å². The Morgan fingerprint density at radius 2 is 2.29 bits per heavy atom. The first-order chi connectivity index (χ1) is 6.72. The lowest BCUT2D eigenvalue weighted by atomic mass is 10.0. The number of Topliss-reactive ketones (excluding diaryl/α,β-unsaturated/α-hetero) is 1. The van der Waals surface area contributed by atoms with Gasteiger partial charge in [0.15, 0.2) is 17.3 Å². The van der Waals surface area contributed by atoms with Gasteiger partial charge in [0, 0.05) is 30.3 Å². The largest absolute Gasteiger partial charge is 0.504 e. The molecule has 2 N–H and O–H groups in total. The zero-order valence-electron chi connectivity index (χ0n) is 7.83. The molecule has 14 heavy (non-hydrogen) atoms. The van der Waals surface area contributed by atoms with Crippen LogP contribution < -0.4 is 10.1 Å². The van der Waals surface area contributed by atoms with Crippen molar-refractivity contribution in [3.05, 3.63) is 17.7 Å². The maximum atomic E-state index is 11.5. The number of phenolic OH excluding ortho intramolecular Hbond substituents is 1. The van der Waals surface area contributed by atoms with Crippen LogP contribution in [0, 0.1) is 0 Å². The molecule has 1 heterocycles. The van der Waals surface area contributed by atoms with Gasteiger partial charge in [-0.2, -0.15) is 0 Å². The number of nitrogens with one attached hydrogen (secondary N) is 1. The van der Waals surface area contributed by atoms with Gasteiger partial charge in [-0.05, 0) is 6.07 Å². The van der Waals surface area contributed by atoms with Crippen molar-refractivity contribution in [3.63, 3.8) is 0 Å². The zero-order valence-corrected chi connectivity index (χ0v) is 7.83. The molecule has 0 aromatic heterocycles. The summed E-state index contributed by atoms with van der Waals surface area (Å²) in [7, 11) is 1.46. The van der Waals surface area contributed by atoms with Crippen molar-refractivity contribution in [2.24, 2.45) is 0 Å². The molecule has 4 nitrogen and oxygen atoms in total. The van der Waals surface area contributed by atoms with Crippen molar-refractivity contribution in [2.75, 3.05) is 19.0 Å². The molecule has 0 fully saturated rings. The molecule has 0 unspecified atom stereocenters. The predicted octanol–water partition coefficient (Wildman–Crippen LogP) is 1.40. The molecule has 0 saturated heterocycles. The van der Waals surface area contributed by atoms with Crippen LogP contribution in [-0.2, 0) is 0 Å². The Morgan fingerprint density at radius 1 is 1.50 bits per heavy atom. The molecule has 1 aromatic carbocycles. The van der Waals surface area contributed by atoms with Gasteiger partial charge in [0.05, 0.1) is 7.11 Å². The third-order valence-electron chi connectivity index (χ3n) is 2.29. The van der Waals surface area contributed by atoms with Crippen LogP contribution in [0.3, 0.4) is 0 Å². The number of ether oxygens (including phenoxy) is 1. The lowest BCUT2D eigenvalue weighted by molar-refractivity contribution is 0.0983. The number of benzene rings is 1. The highest BCUT2D eigenvalue weighted by atomic mass is 16.5. The number of ketones is 1. The number of hydrogen-bond donors (Lipinski definition) is 2. The van der Waals surface area contributed by atoms with E-state index in [9.17, 15) is 9.90 Å². The van der Waals surface area contributed by atoms with Crippen molar-refractivity contribution < 1.29 is 14.6 Å². The number of carbonyl (C=O) groups is 1. The van der Waals surface area contributed by atoms with Crippen molar-refractivity contribution in [1.29, 1.82) is 0 Å². The normalized spacial score (nSPS) is 14.5. The highest BCUT2D eigenvalue weighted by Gasteiger charge is 2.19. The summed E-state index contributed by atoms with van der Waals surface area (Å²) in [5, 5.41) is 12.5. The Kier molecular flexibility index (Phi) is 2.04. The number of phenols is 1. The Hall–Kier alpha value is -1.71. The summed E-state index contributed by atoms with van der Waals surface area (Å²) in [6, 6.07) is 3.09. The molecule has 0 radical (unpaired) electrons. The number of methoxy groups -OCH3 is 1. The Labute approximate surface area is 81.5 Å². The van der Waals surface area contributed by atoms with Crippen LogP contribution in [0.2, 0.25) is 0 Å². The van der Waals surface area contributed by atoms with Gasteiger partial charge < -0.3 is 15.2 Å². The van der Waals surface area contributed by atoms with Crippen LogP contribution in [0.4, 0.5) is 5.69 Å². The molecule has 1 aliphatic rings. The average Bonchev–Trinajstić information content (AvgIpc) is 2.17. The molecule has 4 heteroatoms. The minimum Gasteiger partial charge on any atom is -0.504 e. The number of hydrogen-bond acceptors (Lipinski definition) is 4. The SMILES string of the molecule is COc1cc2c(cc1O)NCCC2=O. The van der Waals surface area contributed by atoms with Gasteiger partial charge in [0.25, 0.3) is 0 Å². The number of rotatable bonds is 1. The van der Waals surface area contributed by atoms with E-state index in [1.165, 1.54) is 13.2 Å². The van der Waals surface area contributed by atoms with E-state index in [0.717, 1.165) is 0 Å². The fourth-order valence-electron chi connectivity index (χ4n) is 1.55. The smallest absolute Gasteiger partial charge is 0.166 e. The number of anilines is 1. The van der Waals surface area contributed by atoms with E-state index in [2.05, 4.69) is 5.32 Å². The Morgan fingerprint density at radius 3 is 3.00 bits per heavy atom. The fourth-order valence-corrected chi connectivity index (χ4v) is 1.55. The van der Waals surface area contributed by atoms with Crippen LogP contribution in [0.15, 0.2) is 12.1 Å². The summed E-state index contributed by atoms with van der Waals surface area (Å²) >= 11 is 0. The molecule has 0 saturated carbocycles. The second-order valence-electron chi connectivity index (χ2n) is 3.17. The standard InChI is InChI=1S/C10H11NO3/c1-14-10-4-6-7(5-9(10)13)11-3-2-8(6)12/h4-5,11,13H,2-3H2,1H3. The van der Waals surface area contributed by atoms with Crippen LogP contribution in [0.25, 0.3) is 0 Å². The van der Waals surface area contributed by atoms with E-state index in [0.29, 0.717) is 30.0 Å². The number of carbonyl (C=O) groups excluding carboxylic acids is 1. The summed E-state index contributed by atoms with van der Waals surface area (Å²) in [5.74, 6) is 0.464. The average molecular weight is 193 g/mol. The molecule has 2 rings (SSSR count). The van der Waals surface area contributed by atoms with E-state index in [4.69, 9.17) is 4.74 Å². The van der Waals surface area contributed by atoms with Crippen LogP contribution >= 0.6 is 0 Å². The molecule has 1 aliphatic heterocycles. The second-order valence-corrected chi connectivity index (χ2v) is 3.17. The summed E-state index contributed by atoms with van der Waals surface area (Å²) in [6.07, 6.45) is 0.487. The highest BCUT2D eigenvalue weighted by molar-refractivity contribution is 6.03. The number of aromatic hydroxyl groups is 1. The zero-order chi connectivity index (χ0) is 10.1. The molecule has 74 valence electrons. The first-order valence-corrected chi connectivity index (χ1v) is 4.40. The van der Waals surface area contributed by atoms with E-state index >= 15 is 0 Å². The third kappa shape index (κ3) is 1.28. The molecule has 0 aliphatic carbocycles. The van der Waals surface area contributed by atoms with E-state index in [1.54, 1.807) is 6.07 Å². The maximum Gasteiger partial charge on any atom is 0.166 e. The van der Waals surface area contributed by atoms with Gasteiger partial charge >= 0.3 is 0 Å². The minimum absolute atomic E-state index is 0.0495. The molecule has 0 atom stereocenters.